The first kappa shape index (κ1) is 23.5. The second-order valence-electron chi connectivity index (χ2n) is 7.37. The number of methoxy groups -OCH3 is 1. The lowest BCUT2D eigenvalue weighted by Crippen LogP contribution is -2.20. The molecule has 0 radical (unpaired) electrons. The van der Waals surface area contributed by atoms with Crippen LogP contribution in [0.15, 0.2) is 52.9 Å². The summed E-state index contributed by atoms with van der Waals surface area (Å²) in [7, 11) is 1.54. The van der Waals surface area contributed by atoms with E-state index in [4.69, 9.17) is 9.47 Å². The van der Waals surface area contributed by atoms with Gasteiger partial charge in [-0.25, -0.2) is 5.43 Å². The Hall–Kier alpha value is -3.19. The zero-order valence-electron chi connectivity index (χ0n) is 18.6. The van der Waals surface area contributed by atoms with Crippen molar-refractivity contribution in [1.29, 1.82) is 0 Å². The molecule has 0 aliphatic rings. The van der Waals surface area contributed by atoms with Gasteiger partial charge in [0, 0.05) is 39.4 Å². The van der Waals surface area contributed by atoms with E-state index >= 15 is 0 Å². The number of ketones is 1. The zero-order chi connectivity index (χ0) is 22.9. The Kier molecular flexibility index (Phi) is 8.39. The van der Waals surface area contributed by atoms with Crippen molar-refractivity contribution < 1.29 is 19.1 Å². The normalized spacial score (nSPS) is 11.4. The first-order valence-electron chi connectivity index (χ1n) is 10.7. The predicted molar refractivity (Wildman–Crippen MR) is 129 cm³/mol. The highest BCUT2D eigenvalue weighted by atomic mass is 32.1. The Bertz CT molecular complexity index is 1120. The van der Waals surface area contributed by atoms with Crippen molar-refractivity contribution in [2.75, 3.05) is 13.7 Å². The van der Waals surface area contributed by atoms with E-state index in [-0.39, 0.29) is 24.5 Å². The van der Waals surface area contributed by atoms with E-state index in [1.165, 1.54) is 4.70 Å². The van der Waals surface area contributed by atoms with Crippen molar-refractivity contribution in [3.8, 4) is 11.5 Å². The largest absolute Gasteiger partial charge is 0.493 e. The van der Waals surface area contributed by atoms with Gasteiger partial charge >= 0.3 is 0 Å². The van der Waals surface area contributed by atoms with Gasteiger partial charge in [-0.15, -0.1) is 11.3 Å². The number of carbonyl (C=O) groups excluding carboxylic acids is 2. The predicted octanol–water partition coefficient (Wildman–Crippen LogP) is 5.59. The summed E-state index contributed by atoms with van der Waals surface area (Å²) in [5.41, 5.74) is 4.77. The number of hydrogen-bond donors (Lipinski definition) is 1. The molecule has 0 bridgehead atoms. The molecule has 6 nitrogen and oxygen atoms in total. The number of Topliss-reactive ketones (excluding diaryl/α,β-unsaturated/α-hetero) is 1. The summed E-state index contributed by atoms with van der Waals surface area (Å²) < 4.78 is 12.2. The van der Waals surface area contributed by atoms with Crippen molar-refractivity contribution in [3.05, 3.63) is 59.0 Å². The monoisotopic (exact) mass is 452 g/mol. The highest BCUT2D eigenvalue weighted by Crippen LogP contribution is 2.29. The Morgan fingerprint density at radius 2 is 1.91 bits per heavy atom. The van der Waals surface area contributed by atoms with Crippen LogP contribution >= 0.6 is 11.3 Å². The van der Waals surface area contributed by atoms with Gasteiger partial charge in [0.1, 0.15) is 0 Å². The maximum absolute atomic E-state index is 12.5. The molecule has 0 spiro atoms. The number of unbranched alkanes of at least 4 members (excludes halogenated alkanes) is 1. The average Bonchev–Trinajstić information content (AvgIpc) is 3.25. The molecule has 0 aliphatic carbocycles. The minimum absolute atomic E-state index is 0.0526. The summed E-state index contributed by atoms with van der Waals surface area (Å²) in [6.07, 6.45) is 2.12. The number of fused-ring (bicyclic) bond motifs is 1. The molecule has 0 unspecified atom stereocenters. The Morgan fingerprint density at radius 1 is 1.09 bits per heavy atom. The number of hydrazone groups is 1. The van der Waals surface area contributed by atoms with E-state index in [9.17, 15) is 9.59 Å². The summed E-state index contributed by atoms with van der Waals surface area (Å²) in [5.74, 6) is 0.687. The van der Waals surface area contributed by atoms with Gasteiger partial charge in [0.05, 0.1) is 19.4 Å². The summed E-state index contributed by atoms with van der Waals surface area (Å²) in [4.78, 5) is 24.8. The average molecular weight is 453 g/mol. The maximum atomic E-state index is 12.5. The molecule has 1 aromatic heterocycles. The molecule has 7 heteroatoms. The molecule has 1 N–H and O–H groups in total. The molecule has 0 atom stereocenters. The molecule has 0 fully saturated rings. The molecular weight excluding hydrogens is 424 g/mol. The van der Waals surface area contributed by atoms with Crippen LogP contribution in [0, 0.1) is 0 Å². The summed E-state index contributed by atoms with van der Waals surface area (Å²) in [6, 6.07) is 13.2. The molecule has 0 saturated heterocycles. The number of amides is 1. The van der Waals surface area contributed by atoms with E-state index in [2.05, 4.69) is 23.5 Å². The third-order valence-electron chi connectivity index (χ3n) is 5.04. The number of nitrogens with one attached hydrogen (secondary N) is 1. The van der Waals surface area contributed by atoms with Crippen molar-refractivity contribution in [1.82, 2.24) is 5.43 Å². The standard InChI is InChI=1S/C25H28N2O4S/c1-4-5-14-31-22-12-10-18(15-23(22)30-3)21(28)11-13-25(29)27-26-17(2)20-16-32-24-9-7-6-8-19(20)24/h6-10,12,15-16H,4-5,11,13-14H2,1-3H3,(H,27,29)/b26-17+. The molecule has 0 saturated carbocycles. The third kappa shape index (κ3) is 5.95. The molecule has 3 rings (SSSR count). The van der Waals surface area contributed by atoms with E-state index < -0.39 is 0 Å². The number of benzene rings is 2. The highest BCUT2D eigenvalue weighted by molar-refractivity contribution is 7.17. The fourth-order valence-corrected chi connectivity index (χ4v) is 4.18. The van der Waals surface area contributed by atoms with E-state index in [1.54, 1.807) is 36.6 Å². The summed E-state index contributed by atoms with van der Waals surface area (Å²) >= 11 is 1.64. The van der Waals surface area contributed by atoms with Crippen molar-refractivity contribution in [2.24, 2.45) is 5.10 Å². The number of ether oxygens (including phenoxy) is 2. The molecule has 2 aromatic carbocycles. The molecule has 1 amide bonds. The van der Waals surface area contributed by atoms with Gasteiger partial charge in [-0.2, -0.15) is 5.10 Å². The lowest BCUT2D eigenvalue weighted by Gasteiger charge is -2.11. The second kappa shape index (κ2) is 11.4. The summed E-state index contributed by atoms with van der Waals surface area (Å²) in [5, 5.41) is 7.36. The van der Waals surface area contributed by atoms with Crippen LogP contribution < -0.4 is 14.9 Å². The number of thiophene rings is 1. The Labute approximate surface area is 192 Å². The molecule has 168 valence electrons. The minimum atomic E-state index is -0.302. The molecule has 32 heavy (non-hydrogen) atoms. The van der Waals surface area contributed by atoms with E-state index in [1.807, 2.05) is 30.5 Å². The fourth-order valence-electron chi connectivity index (χ4n) is 3.18. The van der Waals surface area contributed by atoms with E-state index in [0.29, 0.717) is 23.7 Å². The highest BCUT2D eigenvalue weighted by Gasteiger charge is 2.13. The van der Waals surface area contributed by atoms with Crippen LogP contribution in [-0.2, 0) is 4.79 Å². The van der Waals surface area contributed by atoms with Crippen LogP contribution in [0.2, 0.25) is 0 Å². The quantitative estimate of drug-likeness (QED) is 0.178. The van der Waals surface area contributed by atoms with Gasteiger partial charge in [-0.05, 0) is 37.6 Å². The van der Waals surface area contributed by atoms with Crippen molar-refractivity contribution >= 4 is 38.8 Å². The van der Waals surface area contributed by atoms with Gasteiger partial charge in [0.15, 0.2) is 17.3 Å². The van der Waals surface area contributed by atoms with Crippen LogP contribution in [0.3, 0.4) is 0 Å². The first-order chi connectivity index (χ1) is 15.5. The molecular formula is C25H28N2O4S. The number of nitrogens with zero attached hydrogens (tertiary/aromatic N) is 1. The Balaban J connectivity index is 1.55. The van der Waals surface area contributed by atoms with Crippen molar-refractivity contribution in [3.63, 3.8) is 0 Å². The van der Waals surface area contributed by atoms with Gasteiger partial charge < -0.3 is 9.47 Å². The lowest BCUT2D eigenvalue weighted by atomic mass is 10.1. The minimum Gasteiger partial charge on any atom is -0.493 e. The van der Waals surface area contributed by atoms with Gasteiger partial charge in [-0.1, -0.05) is 31.5 Å². The number of hydrogen-bond acceptors (Lipinski definition) is 6. The topological polar surface area (TPSA) is 77.0 Å². The summed E-state index contributed by atoms with van der Waals surface area (Å²) in [6.45, 7) is 4.55. The third-order valence-corrected chi connectivity index (χ3v) is 6.00. The van der Waals surface area contributed by atoms with Crippen LogP contribution in [0.1, 0.15) is 55.5 Å². The van der Waals surface area contributed by atoms with Crippen molar-refractivity contribution in [2.45, 2.75) is 39.5 Å². The van der Waals surface area contributed by atoms with Gasteiger partial charge in [0.2, 0.25) is 5.91 Å². The lowest BCUT2D eigenvalue weighted by molar-refractivity contribution is -0.121. The maximum Gasteiger partial charge on any atom is 0.240 e. The number of carbonyl (C=O) groups is 2. The fraction of sp³-hybridized carbons (Fsp3) is 0.320. The molecule has 0 aliphatic heterocycles. The smallest absolute Gasteiger partial charge is 0.240 e. The van der Waals surface area contributed by atoms with E-state index in [0.717, 1.165) is 29.5 Å². The van der Waals surface area contributed by atoms with Crippen LogP contribution in [0.25, 0.3) is 10.1 Å². The second-order valence-corrected chi connectivity index (χ2v) is 8.28. The van der Waals surface area contributed by atoms with Crippen LogP contribution in [0.4, 0.5) is 0 Å². The molecule has 1 heterocycles. The van der Waals surface area contributed by atoms with Gasteiger partial charge in [0.25, 0.3) is 0 Å². The van der Waals surface area contributed by atoms with Crippen LogP contribution in [0.5, 0.6) is 11.5 Å². The zero-order valence-corrected chi connectivity index (χ0v) is 19.5. The Morgan fingerprint density at radius 3 is 2.69 bits per heavy atom. The van der Waals surface area contributed by atoms with Crippen LogP contribution in [-0.4, -0.2) is 31.1 Å². The first-order valence-corrected chi connectivity index (χ1v) is 11.5. The van der Waals surface area contributed by atoms with Gasteiger partial charge in [-0.3, -0.25) is 9.59 Å². The number of rotatable bonds is 11. The molecule has 3 aromatic rings. The SMILES string of the molecule is CCCCOc1ccc(C(=O)CCC(=O)N/N=C(\C)c2csc3ccccc23)cc1OC.